The lowest BCUT2D eigenvalue weighted by atomic mass is 9.67. The molecule has 0 bridgehead atoms. The van der Waals surface area contributed by atoms with Crippen LogP contribution in [0.2, 0.25) is 0 Å². The van der Waals surface area contributed by atoms with Crippen LogP contribution in [0.5, 0.6) is 0 Å². The summed E-state index contributed by atoms with van der Waals surface area (Å²) in [5, 5.41) is 0. The van der Waals surface area contributed by atoms with Crippen LogP contribution in [0, 0.1) is 11.3 Å². The Bertz CT molecular complexity index is 155. The van der Waals surface area contributed by atoms with Gasteiger partial charge in [0.25, 0.3) is 0 Å². The largest absolute Gasteiger partial charge is 0.327 e. The highest BCUT2D eigenvalue weighted by Gasteiger charge is 2.43. The molecule has 0 spiro atoms. The first kappa shape index (κ1) is 7.60. The zero-order valence-electron chi connectivity index (χ0n) is 7.47. The van der Waals surface area contributed by atoms with Crippen LogP contribution in [0.3, 0.4) is 0 Å². The van der Waals surface area contributed by atoms with Gasteiger partial charge < -0.3 is 5.73 Å². The molecule has 0 aromatic carbocycles. The second kappa shape index (κ2) is 2.48. The van der Waals surface area contributed by atoms with Gasteiger partial charge in [0.2, 0.25) is 0 Å². The van der Waals surface area contributed by atoms with Gasteiger partial charge in [0.1, 0.15) is 0 Å². The van der Waals surface area contributed by atoms with Gasteiger partial charge in [0.15, 0.2) is 0 Å². The summed E-state index contributed by atoms with van der Waals surface area (Å²) in [7, 11) is 0. The fourth-order valence-corrected chi connectivity index (χ4v) is 3.24. The SMILES string of the molecule is CC12CCCC(N)C1CCC2. The Morgan fingerprint density at radius 3 is 2.45 bits per heavy atom. The third-order valence-corrected chi connectivity index (χ3v) is 3.96. The summed E-state index contributed by atoms with van der Waals surface area (Å²) in [5.74, 6) is 0.858. The highest BCUT2D eigenvalue weighted by atomic mass is 14.7. The summed E-state index contributed by atoms with van der Waals surface area (Å²) in [4.78, 5) is 0. The van der Waals surface area contributed by atoms with Gasteiger partial charge in [-0.25, -0.2) is 0 Å². The average Bonchev–Trinajstić information content (AvgIpc) is 2.31. The quantitative estimate of drug-likeness (QED) is 0.568. The molecule has 0 aromatic rings. The molecule has 2 rings (SSSR count). The van der Waals surface area contributed by atoms with Crippen molar-refractivity contribution in [2.24, 2.45) is 17.1 Å². The highest BCUT2D eigenvalue weighted by Crippen LogP contribution is 2.51. The van der Waals surface area contributed by atoms with Crippen LogP contribution in [0.25, 0.3) is 0 Å². The van der Waals surface area contributed by atoms with Gasteiger partial charge in [-0.3, -0.25) is 0 Å². The van der Waals surface area contributed by atoms with Crippen molar-refractivity contribution in [1.29, 1.82) is 0 Å². The molecule has 3 unspecified atom stereocenters. The summed E-state index contributed by atoms with van der Waals surface area (Å²) < 4.78 is 0. The number of hydrogen-bond donors (Lipinski definition) is 1. The molecule has 2 aliphatic rings. The molecule has 64 valence electrons. The fraction of sp³-hybridized carbons (Fsp3) is 1.00. The summed E-state index contributed by atoms with van der Waals surface area (Å²) >= 11 is 0. The van der Waals surface area contributed by atoms with Gasteiger partial charge in [-0.2, -0.15) is 0 Å². The topological polar surface area (TPSA) is 26.0 Å². The van der Waals surface area contributed by atoms with E-state index in [0.29, 0.717) is 11.5 Å². The summed E-state index contributed by atoms with van der Waals surface area (Å²) in [6.45, 7) is 2.45. The van der Waals surface area contributed by atoms with E-state index >= 15 is 0 Å². The van der Waals surface area contributed by atoms with Gasteiger partial charge in [0, 0.05) is 6.04 Å². The van der Waals surface area contributed by atoms with Gasteiger partial charge in [-0.05, 0) is 37.0 Å². The monoisotopic (exact) mass is 153 g/mol. The molecule has 0 radical (unpaired) electrons. The number of nitrogens with two attached hydrogens (primary N) is 1. The molecule has 2 N–H and O–H groups in total. The molecule has 11 heavy (non-hydrogen) atoms. The summed E-state index contributed by atoms with van der Waals surface area (Å²) in [5.41, 5.74) is 6.74. The van der Waals surface area contributed by atoms with Crippen molar-refractivity contribution in [3.05, 3.63) is 0 Å². The van der Waals surface area contributed by atoms with E-state index in [2.05, 4.69) is 6.92 Å². The summed E-state index contributed by atoms with van der Waals surface area (Å²) in [6, 6.07) is 0.524. The molecule has 0 aliphatic heterocycles. The molecule has 0 amide bonds. The van der Waals surface area contributed by atoms with Crippen LogP contribution in [-0.2, 0) is 0 Å². The van der Waals surface area contributed by atoms with E-state index in [-0.39, 0.29) is 0 Å². The molecule has 0 aromatic heterocycles. The second-order valence-electron chi connectivity index (χ2n) is 4.71. The van der Waals surface area contributed by atoms with E-state index < -0.39 is 0 Å². The molecule has 2 saturated carbocycles. The molecule has 0 saturated heterocycles. The van der Waals surface area contributed by atoms with Crippen molar-refractivity contribution in [1.82, 2.24) is 0 Å². The third-order valence-electron chi connectivity index (χ3n) is 3.96. The Labute approximate surface area is 69.4 Å². The zero-order valence-corrected chi connectivity index (χ0v) is 7.47. The minimum atomic E-state index is 0.524. The van der Waals surface area contributed by atoms with Crippen LogP contribution in [0.15, 0.2) is 0 Å². The number of fused-ring (bicyclic) bond motifs is 1. The maximum atomic E-state index is 6.11. The third kappa shape index (κ3) is 1.10. The smallest absolute Gasteiger partial charge is 0.00723 e. The Morgan fingerprint density at radius 2 is 1.82 bits per heavy atom. The van der Waals surface area contributed by atoms with E-state index in [4.69, 9.17) is 5.73 Å². The van der Waals surface area contributed by atoms with Crippen molar-refractivity contribution in [3.63, 3.8) is 0 Å². The molecule has 0 heterocycles. The lowest BCUT2D eigenvalue weighted by Crippen LogP contribution is -2.41. The van der Waals surface area contributed by atoms with Crippen molar-refractivity contribution in [3.8, 4) is 0 Å². The van der Waals surface area contributed by atoms with Crippen LogP contribution in [0.1, 0.15) is 45.4 Å². The molecule has 1 nitrogen and oxygen atoms in total. The van der Waals surface area contributed by atoms with Crippen molar-refractivity contribution in [2.45, 2.75) is 51.5 Å². The minimum absolute atomic E-state index is 0.524. The fourth-order valence-electron chi connectivity index (χ4n) is 3.24. The first-order valence-electron chi connectivity index (χ1n) is 4.98. The standard InChI is InChI=1S/C10H19N/c1-10-6-2-4-8(10)9(11)5-3-7-10/h8-9H,2-7,11H2,1H3. The molecular formula is C10H19N. The minimum Gasteiger partial charge on any atom is -0.327 e. The van der Waals surface area contributed by atoms with Gasteiger partial charge in [-0.1, -0.05) is 19.8 Å². The van der Waals surface area contributed by atoms with Crippen molar-refractivity contribution in [2.75, 3.05) is 0 Å². The Morgan fingerprint density at radius 1 is 1.18 bits per heavy atom. The van der Waals surface area contributed by atoms with Crippen LogP contribution >= 0.6 is 0 Å². The van der Waals surface area contributed by atoms with Crippen LogP contribution < -0.4 is 5.73 Å². The maximum Gasteiger partial charge on any atom is 0.00723 e. The molecular weight excluding hydrogens is 134 g/mol. The van der Waals surface area contributed by atoms with Crippen LogP contribution in [-0.4, -0.2) is 6.04 Å². The Kier molecular flexibility index (Phi) is 1.71. The number of rotatable bonds is 0. The molecule has 2 aliphatic carbocycles. The average molecular weight is 153 g/mol. The lowest BCUT2D eigenvalue weighted by Gasteiger charge is -2.40. The first-order valence-corrected chi connectivity index (χ1v) is 4.98. The van der Waals surface area contributed by atoms with E-state index in [0.717, 1.165) is 5.92 Å². The maximum absolute atomic E-state index is 6.11. The van der Waals surface area contributed by atoms with E-state index in [1.807, 2.05) is 0 Å². The first-order chi connectivity index (χ1) is 5.22. The molecule has 1 heteroatoms. The van der Waals surface area contributed by atoms with E-state index in [9.17, 15) is 0 Å². The van der Waals surface area contributed by atoms with Crippen LogP contribution in [0.4, 0.5) is 0 Å². The Hall–Kier alpha value is -0.0400. The van der Waals surface area contributed by atoms with Crippen molar-refractivity contribution >= 4 is 0 Å². The normalized spacial score (nSPS) is 50.7. The predicted molar refractivity (Wildman–Crippen MR) is 47.3 cm³/mol. The van der Waals surface area contributed by atoms with Gasteiger partial charge in [0.05, 0.1) is 0 Å². The highest BCUT2D eigenvalue weighted by molar-refractivity contribution is 4.96. The summed E-state index contributed by atoms with van der Waals surface area (Å²) in [6.07, 6.45) is 8.34. The van der Waals surface area contributed by atoms with Gasteiger partial charge >= 0.3 is 0 Å². The van der Waals surface area contributed by atoms with Gasteiger partial charge in [-0.15, -0.1) is 0 Å². The Balaban J connectivity index is 2.15. The molecule has 3 atom stereocenters. The van der Waals surface area contributed by atoms with E-state index in [1.54, 1.807) is 0 Å². The van der Waals surface area contributed by atoms with E-state index in [1.165, 1.54) is 38.5 Å². The number of hydrogen-bond acceptors (Lipinski definition) is 1. The lowest BCUT2D eigenvalue weighted by molar-refractivity contribution is 0.130. The van der Waals surface area contributed by atoms with Crippen molar-refractivity contribution < 1.29 is 0 Å². The molecule has 2 fully saturated rings. The predicted octanol–water partition coefficient (Wildman–Crippen LogP) is 2.30. The second-order valence-corrected chi connectivity index (χ2v) is 4.71. The zero-order chi connectivity index (χ0) is 7.90.